The Morgan fingerprint density at radius 1 is 1.44 bits per heavy atom. The molecule has 0 aliphatic rings. The summed E-state index contributed by atoms with van der Waals surface area (Å²) in [5.41, 5.74) is 1.19. The molecule has 2 rings (SSSR count). The number of nitriles is 1. The van der Waals surface area contributed by atoms with Gasteiger partial charge in [0, 0.05) is 25.1 Å². The van der Waals surface area contributed by atoms with Gasteiger partial charge in [0.25, 0.3) is 5.91 Å². The molecule has 0 saturated carbocycles. The molecule has 0 unspecified atom stereocenters. The maximum atomic E-state index is 12.9. The highest BCUT2D eigenvalue weighted by atomic mass is 16.5. The van der Waals surface area contributed by atoms with Gasteiger partial charge in [0.2, 0.25) is 11.6 Å². The minimum Gasteiger partial charge on any atom is -0.493 e. The van der Waals surface area contributed by atoms with Crippen LogP contribution in [0.2, 0.25) is 0 Å². The number of aryl methyl sites for hydroxylation is 1. The summed E-state index contributed by atoms with van der Waals surface area (Å²) >= 11 is 0. The number of hydrogen-bond donors (Lipinski definition) is 0. The van der Waals surface area contributed by atoms with Crippen LogP contribution in [0.15, 0.2) is 29.2 Å². The molecule has 1 aromatic heterocycles. The number of amides is 1. The zero-order valence-electron chi connectivity index (χ0n) is 14.6. The van der Waals surface area contributed by atoms with Gasteiger partial charge in [0.15, 0.2) is 17.4 Å². The first-order valence-corrected chi connectivity index (χ1v) is 7.48. The summed E-state index contributed by atoms with van der Waals surface area (Å²) in [5.74, 6) is 1.04. The van der Waals surface area contributed by atoms with Gasteiger partial charge in [-0.15, -0.1) is 6.58 Å². The van der Waals surface area contributed by atoms with Crippen LogP contribution in [0, 0.1) is 18.3 Å². The van der Waals surface area contributed by atoms with Crippen molar-refractivity contribution in [1.29, 1.82) is 5.26 Å². The Bertz CT molecular complexity index is 849. The number of oxazole rings is 1. The normalized spacial score (nSPS) is 10.0. The van der Waals surface area contributed by atoms with Crippen LogP contribution in [0.4, 0.5) is 5.88 Å². The summed E-state index contributed by atoms with van der Waals surface area (Å²) in [4.78, 5) is 18.1. The third-order valence-electron chi connectivity index (χ3n) is 3.60. The quantitative estimate of drug-likeness (QED) is 0.751. The zero-order chi connectivity index (χ0) is 18.6. The van der Waals surface area contributed by atoms with Crippen LogP contribution < -0.4 is 14.4 Å². The number of carbonyl (C=O) groups excluding carboxylic acids is 1. The second kappa shape index (κ2) is 7.53. The zero-order valence-corrected chi connectivity index (χ0v) is 14.6. The number of carbonyl (C=O) groups is 1. The van der Waals surface area contributed by atoms with E-state index in [0.29, 0.717) is 29.4 Å². The molecule has 2 aromatic rings. The third-order valence-corrected chi connectivity index (χ3v) is 3.60. The molecular weight excluding hydrogens is 322 g/mol. The Hall–Kier alpha value is -3.27. The smallest absolute Gasteiger partial charge is 0.260 e. The molecule has 0 N–H and O–H groups in total. The largest absolute Gasteiger partial charge is 0.493 e. The van der Waals surface area contributed by atoms with Crippen LogP contribution in [-0.4, -0.2) is 32.2 Å². The Labute approximate surface area is 146 Å². The minimum atomic E-state index is -0.362. The van der Waals surface area contributed by atoms with Gasteiger partial charge >= 0.3 is 0 Å². The lowest BCUT2D eigenvalue weighted by atomic mass is 10.0. The molecule has 0 spiro atoms. The summed E-state index contributed by atoms with van der Waals surface area (Å²) in [6.45, 7) is 5.33. The maximum absolute atomic E-state index is 12.9. The number of anilines is 1. The van der Waals surface area contributed by atoms with E-state index in [1.54, 1.807) is 25.1 Å². The van der Waals surface area contributed by atoms with E-state index >= 15 is 0 Å². The number of benzene rings is 1. The summed E-state index contributed by atoms with van der Waals surface area (Å²) in [6.07, 6.45) is 2.22. The number of aromatic nitrogens is 1. The lowest BCUT2D eigenvalue weighted by molar-refractivity contribution is 0.0988. The molecule has 0 atom stereocenters. The van der Waals surface area contributed by atoms with Crippen molar-refractivity contribution < 1.29 is 18.7 Å². The molecule has 0 radical (unpaired) electrons. The first-order valence-electron chi connectivity index (χ1n) is 7.48. The fraction of sp³-hybridized carbons (Fsp3) is 0.278. The van der Waals surface area contributed by atoms with Gasteiger partial charge in [-0.1, -0.05) is 6.08 Å². The molecular formula is C18H19N3O4. The average molecular weight is 341 g/mol. The van der Waals surface area contributed by atoms with Crippen molar-refractivity contribution >= 4 is 11.8 Å². The number of methoxy groups -OCH3 is 2. The predicted octanol–water partition coefficient (Wildman–Crippen LogP) is 2.88. The SMILES string of the molecule is C=CCc1cc(C(=O)N(C)c2oc(C)nc2C#N)cc(OC)c1OC. The van der Waals surface area contributed by atoms with Crippen molar-refractivity contribution in [3.8, 4) is 17.6 Å². The standard InChI is InChI=1S/C18H19N3O4/c1-6-7-12-8-13(9-15(23-4)16(12)24-5)17(22)21(3)18-14(10-19)20-11(2)25-18/h6,8-9H,1,7H2,2-5H3. The predicted molar refractivity (Wildman–Crippen MR) is 92.1 cm³/mol. The molecule has 1 heterocycles. The van der Waals surface area contributed by atoms with Gasteiger partial charge in [-0.3, -0.25) is 9.69 Å². The Kier molecular flexibility index (Phi) is 5.45. The molecule has 130 valence electrons. The molecule has 0 aliphatic heterocycles. The Morgan fingerprint density at radius 2 is 2.16 bits per heavy atom. The molecule has 0 fully saturated rings. The van der Waals surface area contributed by atoms with E-state index < -0.39 is 0 Å². The first kappa shape index (κ1) is 18.1. The molecule has 7 nitrogen and oxygen atoms in total. The van der Waals surface area contributed by atoms with E-state index in [9.17, 15) is 4.79 Å². The summed E-state index contributed by atoms with van der Waals surface area (Å²) < 4.78 is 16.1. The summed E-state index contributed by atoms with van der Waals surface area (Å²) in [7, 11) is 4.56. The van der Waals surface area contributed by atoms with Gasteiger partial charge in [-0.25, -0.2) is 4.98 Å². The molecule has 0 aliphatic carbocycles. The molecule has 25 heavy (non-hydrogen) atoms. The molecule has 1 amide bonds. The van der Waals surface area contributed by atoms with Crippen LogP contribution in [0.3, 0.4) is 0 Å². The number of allylic oxidation sites excluding steroid dienone is 1. The van der Waals surface area contributed by atoms with Gasteiger partial charge < -0.3 is 13.9 Å². The Balaban J connectivity index is 2.49. The third kappa shape index (κ3) is 3.48. The fourth-order valence-electron chi connectivity index (χ4n) is 2.48. The van der Waals surface area contributed by atoms with Crippen LogP contribution >= 0.6 is 0 Å². The van der Waals surface area contributed by atoms with E-state index in [1.165, 1.54) is 26.2 Å². The fourth-order valence-corrected chi connectivity index (χ4v) is 2.48. The summed E-state index contributed by atoms with van der Waals surface area (Å²) in [6, 6.07) is 5.21. The highest BCUT2D eigenvalue weighted by molar-refractivity contribution is 6.06. The van der Waals surface area contributed by atoms with E-state index in [2.05, 4.69) is 11.6 Å². The monoisotopic (exact) mass is 341 g/mol. The average Bonchev–Trinajstić information content (AvgIpc) is 3.00. The highest BCUT2D eigenvalue weighted by Crippen LogP contribution is 2.34. The second-order valence-electron chi connectivity index (χ2n) is 5.23. The first-order chi connectivity index (χ1) is 12.0. The van der Waals surface area contributed by atoms with Crippen LogP contribution in [0.1, 0.15) is 27.5 Å². The number of rotatable bonds is 6. The summed E-state index contributed by atoms with van der Waals surface area (Å²) in [5, 5.41) is 9.14. The van der Waals surface area contributed by atoms with Gasteiger partial charge in [-0.2, -0.15) is 5.26 Å². The number of ether oxygens (including phenoxy) is 2. The van der Waals surface area contributed by atoms with Crippen molar-refractivity contribution in [1.82, 2.24) is 4.98 Å². The Morgan fingerprint density at radius 3 is 2.72 bits per heavy atom. The van der Waals surface area contributed by atoms with Crippen molar-refractivity contribution in [3.63, 3.8) is 0 Å². The van der Waals surface area contributed by atoms with Crippen molar-refractivity contribution in [2.45, 2.75) is 13.3 Å². The van der Waals surface area contributed by atoms with E-state index in [-0.39, 0.29) is 17.5 Å². The van der Waals surface area contributed by atoms with Crippen molar-refractivity contribution in [2.75, 3.05) is 26.2 Å². The van der Waals surface area contributed by atoms with Crippen molar-refractivity contribution in [2.24, 2.45) is 0 Å². The molecule has 7 heteroatoms. The topological polar surface area (TPSA) is 88.6 Å². The second-order valence-corrected chi connectivity index (χ2v) is 5.23. The number of nitrogens with zero attached hydrogens (tertiary/aromatic N) is 3. The lowest BCUT2D eigenvalue weighted by Gasteiger charge is -2.17. The highest BCUT2D eigenvalue weighted by Gasteiger charge is 2.24. The number of hydrogen-bond acceptors (Lipinski definition) is 6. The van der Waals surface area contributed by atoms with Crippen molar-refractivity contribution in [3.05, 3.63) is 47.5 Å². The van der Waals surface area contributed by atoms with E-state index in [4.69, 9.17) is 19.2 Å². The molecule has 0 bridgehead atoms. The van der Waals surface area contributed by atoms with Crippen LogP contribution in [0.5, 0.6) is 11.5 Å². The van der Waals surface area contributed by atoms with Crippen LogP contribution in [0.25, 0.3) is 0 Å². The molecule has 0 saturated heterocycles. The van der Waals surface area contributed by atoms with E-state index in [1.807, 2.05) is 6.07 Å². The molecule has 1 aromatic carbocycles. The maximum Gasteiger partial charge on any atom is 0.260 e. The lowest BCUT2D eigenvalue weighted by Crippen LogP contribution is -2.26. The minimum absolute atomic E-state index is 0.0557. The van der Waals surface area contributed by atoms with Crippen LogP contribution in [-0.2, 0) is 6.42 Å². The van der Waals surface area contributed by atoms with E-state index in [0.717, 1.165) is 5.56 Å². The van der Waals surface area contributed by atoms with Gasteiger partial charge in [-0.05, 0) is 18.6 Å². The van der Waals surface area contributed by atoms with Gasteiger partial charge in [0.1, 0.15) is 6.07 Å². The van der Waals surface area contributed by atoms with Gasteiger partial charge in [0.05, 0.1) is 14.2 Å².